The Morgan fingerprint density at radius 1 is 1.53 bits per heavy atom. The number of anilines is 2. The van der Waals surface area contributed by atoms with E-state index in [9.17, 15) is 0 Å². The normalized spacial score (nSPS) is 12.2. The SMILES string of the molecule is COc1cc(NCC(O)CO)ccc1N. The Morgan fingerprint density at radius 2 is 2.27 bits per heavy atom. The molecule has 1 aromatic rings. The first-order valence-corrected chi connectivity index (χ1v) is 4.63. The van der Waals surface area contributed by atoms with Crippen LogP contribution in [0, 0.1) is 0 Å². The van der Waals surface area contributed by atoms with Crippen LogP contribution in [0.4, 0.5) is 11.4 Å². The molecule has 1 rings (SSSR count). The minimum absolute atomic E-state index is 0.265. The summed E-state index contributed by atoms with van der Waals surface area (Å²) in [5, 5.41) is 20.7. The zero-order valence-corrected chi connectivity index (χ0v) is 8.60. The Kier molecular flexibility index (Phi) is 4.20. The molecular weight excluding hydrogens is 196 g/mol. The van der Waals surface area contributed by atoms with Crippen LogP contribution in [0.15, 0.2) is 18.2 Å². The highest BCUT2D eigenvalue weighted by atomic mass is 16.5. The topological polar surface area (TPSA) is 87.7 Å². The average molecular weight is 212 g/mol. The molecule has 0 amide bonds. The molecule has 1 atom stereocenters. The molecule has 1 unspecified atom stereocenters. The van der Waals surface area contributed by atoms with Crippen LogP contribution >= 0.6 is 0 Å². The highest BCUT2D eigenvalue weighted by molar-refractivity contribution is 5.61. The van der Waals surface area contributed by atoms with Gasteiger partial charge in [0.1, 0.15) is 5.75 Å². The van der Waals surface area contributed by atoms with Crippen molar-refractivity contribution in [2.75, 3.05) is 31.3 Å². The number of hydrogen-bond acceptors (Lipinski definition) is 5. The van der Waals surface area contributed by atoms with Gasteiger partial charge in [0.2, 0.25) is 0 Å². The van der Waals surface area contributed by atoms with Crippen molar-refractivity contribution in [2.45, 2.75) is 6.10 Å². The second-order valence-corrected chi connectivity index (χ2v) is 3.17. The van der Waals surface area contributed by atoms with Crippen molar-refractivity contribution in [3.63, 3.8) is 0 Å². The summed E-state index contributed by atoms with van der Waals surface area (Å²) < 4.78 is 5.04. The second kappa shape index (κ2) is 5.43. The molecule has 0 saturated carbocycles. The highest BCUT2D eigenvalue weighted by Gasteiger charge is 2.03. The molecule has 0 aliphatic carbocycles. The van der Waals surface area contributed by atoms with Crippen LogP contribution in [0.5, 0.6) is 5.75 Å². The third-order valence-corrected chi connectivity index (χ3v) is 1.99. The van der Waals surface area contributed by atoms with E-state index in [1.165, 1.54) is 7.11 Å². The van der Waals surface area contributed by atoms with Gasteiger partial charge in [0, 0.05) is 18.3 Å². The summed E-state index contributed by atoms with van der Waals surface area (Å²) in [4.78, 5) is 0. The van der Waals surface area contributed by atoms with Crippen molar-refractivity contribution < 1.29 is 14.9 Å². The predicted molar refractivity (Wildman–Crippen MR) is 59.0 cm³/mol. The Hall–Kier alpha value is -1.46. The third kappa shape index (κ3) is 3.30. The minimum atomic E-state index is -0.770. The van der Waals surface area contributed by atoms with Crippen LogP contribution < -0.4 is 15.8 Å². The molecule has 84 valence electrons. The lowest BCUT2D eigenvalue weighted by molar-refractivity contribution is 0.105. The summed E-state index contributed by atoms with van der Waals surface area (Å²) in [7, 11) is 1.54. The maximum Gasteiger partial charge on any atom is 0.143 e. The summed E-state index contributed by atoms with van der Waals surface area (Å²) in [6.07, 6.45) is -0.770. The molecule has 0 spiro atoms. The number of ether oxygens (including phenoxy) is 1. The molecule has 0 bridgehead atoms. The maximum absolute atomic E-state index is 9.13. The molecule has 15 heavy (non-hydrogen) atoms. The zero-order valence-electron chi connectivity index (χ0n) is 8.60. The molecule has 0 aliphatic rings. The first-order valence-electron chi connectivity index (χ1n) is 4.63. The van der Waals surface area contributed by atoms with E-state index < -0.39 is 6.10 Å². The van der Waals surface area contributed by atoms with Gasteiger partial charge >= 0.3 is 0 Å². The number of rotatable bonds is 5. The molecule has 0 aliphatic heterocycles. The van der Waals surface area contributed by atoms with Gasteiger partial charge in [0.15, 0.2) is 0 Å². The second-order valence-electron chi connectivity index (χ2n) is 3.17. The Morgan fingerprint density at radius 3 is 2.87 bits per heavy atom. The van der Waals surface area contributed by atoms with Crippen molar-refractivity contribution in [1.82, 2.24) is 0 Å². The van der Waals surface area contributed by atoms with E-state index in [0.29, 0.717) is 11.4 Å². The van der Waals surface area contributed by atoms with Crippen molar-refractivity contribution in [1.29, 1.82) is 0 Å². The molecule has 1 aromatic carbocycles. The predicted octanol–water partition coefficient (Wildman–Crippen LogP) is 0.0425. The molecule has 0 saturated heterocycles. The zero-order chi connectivity index (χ0) is 11.3. The highest BCUT2D eigenvalue weighted by Crippen LogP contribution is 2.24. The lowest BCUT2D eigenvalue weighted by atomic mass is 10.2. The minimum Gasteiger partial charge on any atom is -0.495 e. The fraction of sp³-hybridized carbons (Fsp3) is 0.400. The lowest BCUT2D eigenvalue weighted by Crippen LogP contribution is -2.22. The Labute approximate surface area is 88.5 Å². The molecule has 0 heterocycles. The van der Waals surface area contributed by atoms with Gasteiger partial charge in [-0.2, -0.15) is 0 Å². The standard InChI is InChI=1S/C10H16N2O3/c1-15-10-4-7(2-3-9(10)11)12-5-8(14)6-13/h2-4,8,12-14H,5-6,11H2,1H3. The molecule has 5 heteroatoms. The van der Waals surface area contributed by atoms with Crippen molar-refractivity contribution in [3.05, 3.63) is 18.2 Å². The molecule has 5 N–H and O–H groups in total. The summed E-state index contributed by atoms with van der Waals surface area (Å²) in [6, 6.07) is 5.23. The number of nitrogens with one attached hydrogen (secondary N) is 1. The van der Waals surface area contributed by atoms with Crippen LogP contribution in [0.3, 0.4) is 0 Å². The van der Waals surface area contributed by atoms with Gasteiger partial charge in [0.05, 0.1) is 25.5 Å². The number of methoxy groups -OCH3 is 1. The molecular formula is C10H16N2O3. The summed E-state index contributed by atoms with van der Waals surface area (Å²) in [6.45, 7) is 0.0165. The average Bonchev–Trinajstić information content (AvgIpc) is 2.27. The van der Waals surface area contributed by atoms with E-state index in [0.717, 1.165) is 5.69 Å². The first kappa shape index (κ1) is 11.6. The van der Waals surface area contributed by atoms with Gasteiger partial charge in [-0.25, -0.2) is 0 Å². The van der Waals surface area contributed by atoms with Gasteiger partial charge < -0.3 is 26.0 Å². The van der Waals surface area contributed by atoms with E-state index in [2.05, 4.69) is 5.32 Å². The number of aliphatic hydroxyl groups excluding tert-OH is 2. The van der Waals surface area contributed by atoms with E-state index in [4.69, 9.17) is 20.7 Å². The molecule has 5 nitrogen and oxygen atoms in total. The Bertz CT molecular complexity index is 318. The van der Waals surface area contributed by atoms with E-state index in [1.54, 1.807) is 18.2 Å². The fourth-order valence-corrected chi connectivity index (χ4v) is 1.12. The molecule has 0 aromatic heterocycles. The van der Waals surface area contributed by atoms with Crippen LogP contribution in [0.1, 0.15) is 0 Å². The largest absolute Gasteiger partial charge is 0.495 e. The number of benzene rings is 1. The van der Waals surface area contributed by atoms with Crippen LogP contribution in [0.2, 0.25) is 0 Å². The summed E-state index contributed by atoms with van der Waals surface area (Å²) in [5.74, 6) is 0.582. The van der Waals surface area contributed by atoms with Gasteiger partial charge in [-0.05, 0) is 12.1 Å². The van der Waals surface area contributed by atoms with Crippen LogP contribution in [-0.2, 0) is 0 Å². The fourth-order valence-electron chi connectivity index (χ4n) is 1.12. The molecule has 0 fully saturated rings. The van der Waals surface area contributed by atoms with Crippen molar-refractivity contribution in [3.8, 4) is 5.75 Å². The van der Waals surface area contributed by atoms with E-state index >= 15 is 0 Å². The van der Waals surface area contributed by atoms with Crippen LogP contribution in [-0.4, -0.2) is 36.6 Å². The summed E-state index contributed by atoms with van der Waals surface area (Å²) >= 11 is 0. The number of hydrogen-bond donors (Lipinski definition) is 4. The number of aliphatic hydroxyl groups is 2. The van der Waals surface area contributed by atoms with Gasteiger partial charge in [0.25, 0.3) is 0 Å². The number of nitrogens with two attached hydrogens (primary N) is 1. The Balaban J connectivity index is 2.62. The smallest absolute Gasteiger partial charge is 0.143 e. The maximum atomic E-state index is 9.13. The lowest BCUT2D eigenvalue weighted by Gasteiger charge is -2.12. The van der Waals surface area contributed by atoms with E-state index in [-0.39, 0.29) is 13.2 Å². The number of nitrogen functional groups attached to an aromatic ring is 1. The van der Waals surface area contributed by atoms with Gasteiger partial charge in [-0.3, -0.25) is 0 Å². The first-order chi connectivity index (χ1) is 7.17. The third-order valence-electron chi connectivity index (χ3n) is 1.99. The van der Waals surface area contributed by atoms with Crippen molar-refractivity contribution in [2.24, 2.45) is 0 Å². The van der Waals surface area contributed by atoms with Gasteiger partial charge in [-0.15, -0.1) is 0 Å². The van der Waals surface area contributed by atoms with Gasteiger partial charge in [-0.1, -0.05) is 0 Å². The molecule has 0 radical (unpaired) electrons. The quantitative estimate of drug-likeness (QED) is 0.518. The van der Waals surface area contributed by atoms with E-state index in [1.807, 2.05) is 0 Å². The van der Waals surface area contributed by atoms with Crippen LogP contribution in [0.25, 0.3) is 0 Å². The van der Waals surface area contributed by atoms with Crippen molar-refractivity contribution >= 4 is 11.4 Å². The monoisotopic (exact) mass is 212 g/mol. The summed E-state index contributed by atoms with van der Waals surface area (Å²) in [5.41, 5.74) is 6.99.